The molecule has 0 aromatic carbocycles. The summed E-state index contributed by atoms with van der Waals surface area (Å²) in [5, 5.41) is 11.7. The summed E-state index contributed by atoms with van der Waals surface area (Å²) in [6.07, 6.45) is 7.16. The number of aromatic amines is 2. The van der Waals surface area contributed by atoms with Crippen LogP contribution in [-0.2, 0) is 4.79 Å². The van der Waals surface area contributed by atoms with Gasteiger partial charge in [0.1, 0.15) is 11.2 Å². The molecule has 1 fully saturated rings. The van der Waals surface area contributed by atoms with Gasteiger partial charge in [-0.25, -0.2) is 4.98 Å². The van der Waals surface area contributed by atoms with Crippen molar-refractivity contribution < 1.29 is 4.79 Å². The van der Waals surface area contributed by atoms with Gasteiger partial charge in [0.05, 0.1) is 39.4 Å². The third kappa shape index (κ3) is 3.64. The van der Waals surface area contributed by atoms with Crippen LogP contribution < -0.4 is 5.32 Å². The molecular weight excluding hydrogens is 470 g/mol. The van der Waals surface area contributed by atoms with Gasteiger partial charge in [-0.1, -0.05) is 0 Å². The Bertz CT molecular complexity index is 1780. The molecule has 1 aliphatic carbocycles. The smallest absolute Gasteiger partial charge is 0.227 e. The van der Waals surface area contributed by atoms with E-state index in [1.54, 1.807) is 23.7 Å². The van der Waals surface area contributed by atoms with Gasteiger partial charge in [0, 0.05) is 39.7 Å². The molecule has 0 radical (unpaired) electrons. The molecule has 0 bridgehead atoms. The van der Waals surface area contributed by atoms with Crippen LogP contribution in [0.25, 0.3) is 55.2 Å². The molecule has 6 aromatic heterocycles. The predicted molar refractivity (Wildman–Crippen MR) is 142 cm³/mol. The first kappa shape index (κ1) is 21.0. The summed E-state index contributed by atoms with van der Waals surface area (Å²) in [5.41, 5.74) is 7.42. The number of anilines is 1. The SMILES string of the molecule is Cc1ccc(-c2nccc3[nH]c(-c4n[nH]c5ccc(-c6cncc(NC(=O)C7CC7)c6)nc45)cc23)s1. The van der Waals surface area contributed by atoms with Gasteiger partial charge in [0.25, 0.3) is 0 Å². The summed E-state index contributed by atoms with van der Waals surface area (Å²) < 4.78 is 0. The van der Waals surface area contributed by atoms with E-state index < -0.39 is 0 Å². The van der Waals surface area contributed by atoms with Gasteiger partial charge >= 0.3 is 0 Å². The van der Waals surface area contributed by atoms with Crippen molar-refractivity contribution in [2.45, 2.75) is 19.8 Å². The zero-order valence-electron chi connectivity index (χ0n) is 19.4. The minimum atomic E-state index is 0.0554. The molecule has 1 aliphatic rings. The van der Waals surface area contributed by atoms with Crippen LogP contribution in [0, 0.1) is 12.8 Å². The quantitative estimate of drug-likeness (QED) is 0.276. The second-order valence-corrected chi connectivity index (χ2v) is 10.4. The molecular formula is C27H21N7OS. The topological polar surface area (TPSA) is 112 Å². The Kier molecular flexibility index (Phi) is 4.71. The minimum absolute atomic E-state index is 0.0554. The van der Waals surface area contributed by atoms with E-state index in [4.69, 9.17) is 4.98 Å². The van der Waals surface area contributed by atoms with Crippen LogP contribution in [-0.4, -0.2) is 36.0 Å². The van der Waals surface area contributed by atoms with Gasteiger partial charge in [-0.05, 0) is 62.2 Å². The zero-order chi connectivity index (χ0) is 24.2. The van der Waals surface area contributed by atoms with Gasteiger partial charge < -0.3 is 10.3 Å². The van der Waals surface area contributed by atoms with Crippen molar-refractivity contribution in [3.63, 3.8) is 0 Å². The van der Waals surface area contributed by atoms with Gasteiger partial charge in [-0.2, -0.15) is 5.10 Å². The maximum Gasteiger partial charge on any atom is 0.227 e. The summed E-state index contributed by atoms with van der Waals surface area (Å²) >= 11 is 1.73. The molecule has 0 aliphatic heterocycles. The number of rotatable bonds is 5. The average molecular weight is 492 g/mol. The number of carbonyl (C=O) groups excluding carboxylic acids is 1. The van der Waals surface area contributed by atoms with Crippen molar-refractivity contribution in [1.82, 2.24) is 30.1 Å². The van der Waals surface area contributed by atoms with Gasteiger partial charge in [-0.15, -0.1) is 11.3 Å². The number of amides is 1. The second kappa shape index (κ2) is 8.10. The van der Waals surface area contributed by atoms with E-state index in [1.165, 1.54) is 4.88 Å². The summed E-state index contributed by atoms with van der Waals surface area (Å²) in [6, 6.07) is 14.1. The molecule has 1 saturated carbocycles. The largest absolute Gasteiger partial charge is 0.353 e. The van der Waals surface area contributed by atoms with Crippen LogP contribution in [0.5, 0.6) is 0 Å². The lowest BCUT2D eigenvalue weighted by Crippen LogP contribution is -2.13. The number of fused-ring (bicyclic) bond motifs is 2. The second-order valence-electron chi connectivity index (χ2n) is 9.10. The van der Waals surface area contributed by atoms with E-state index in [9.17, 15) is 4.79 Å². The van der Waals surface area contributed by atoms with E-state index in [0.717, 1.165) is 68.0 Å². The number of thiophene rings is 1. The number of nitrogens with one attached hydrogen (secondary N) is 3. The standard InChI is InChI=1S/C27H21N7OS/c1-14-2-7-23(36-14)24-18-11-22(31-20(18)8-9-29-24)26-25-21(33-34-26)6-5-19(32-25)16-10-17(13-28-12-16)30-27(35)15-3-4-15/h2,5-13,15,31H,3-4H2,1H3,(H,30,35)(H,33,34). The van der Waals surface area contributed by atoms with Crippen LogP contribution in [0.4, 0.5) is 5.69 Å². The monoisotopic (exact) mass is 491 g/mol. The highest BCUT2D eigenvalue weighted by Gasteiger charge is 2.29. The Morgan fingerprint density at radius 2 is 1.97 bits per heavy atom. The molecule has 0 unspecified atom stereocenters. The number of hydrogen-bond acceptors (Lipinski definition) is 6. The van der Waals surface area contributed by atoms with Gasteiger partial charge in [0.2, 0.25) is 5.91 Å². The fourth-order valence-electron chi connectivity index (χ4n) is 4.43. The molecule has 6 aromatic rings. The number of H-pyrrole nitrogens is 2. The van der Waals surface area contributed by atoms with Crippen molar-refractivity contribution in [3.8, 4) is 33.2 Å². The van der Waals surface area contributed by atoms with Gasteiger partial charge in [0.15, 0.2) is 0 Å². The predicted octanol–water partition coefficient (Wildman–Crippen LogP) is 5.95. The van der Waals surface area contributed by atoms with E-state index in [1.807, 2.05) is 30.5 Å². The molecule has 7 rings (SSSR count). The summed E-state index contributed by atoms with van der Waals surface area (Å²) in [7, 11) is 0. The minimum Gasteiger partial charge on any atom is -0.353 e. The number of pyridine rings is 3. The highest BCUT2D eigenvalue weighted by atomic mass is 32.1. The first-order chi connectivity index (χ1) is 17.6. The molecule has 9 heteroatoms. The van der Waals surface area contributed by atoms with Crippen molar-refractivity contribution in [2.75, 3.05) is 5.32 Å². The van der Waals surface area contributed by atoms with E-state index in [-0.39, 0.29) is 11.8 Å². The Labute approximate surface area is 209 Å². The van der Waals surface area contributed by atoms with E-state index >= 15 is 0 Å². The number of aromatic nitrogens is 6. The van der Waals surface area contributed by atoms with Crippen LogP contribution in [0.2, 0.25) is 0 Å². The Morgan fingerprint density at radius 1 is 1.06 bits per heavy atom. The summed E-state index contributed by atoms with van der Waals surface area (Å²) in [6.45, 7) is 2.10. The molecule has 0 spiro atoms. The fourth-order valence-corrected chi connectivity index (χ4v) is 5.30. The third-order valence-corrected chi connectivity index (χ3v) is 7.44. The fraction of sp³-hybridized carbons (Fsp3) is 0.148. The molecule has 0 saturated heterocycles. The number of carbonyl (C=O) groups is 1. The highest BCUT2D eigenvalue weighted by Crippen LogP contribution is 2.35. The van der Waals surface area contributed by atoms with Crippen LogP contribution >= 0.6 is 11.3 Å². The maximum absolute atomic E-state index is 12.2. The molecule has 176 valence electrons. The molecule has 36 heavy (non-hydrogen) atoms. The van der Waals surface area contributed by atoms with Crippen LogP contribution in [0.3, 0.4) is 0 Å². The number of aryl methyl sites for hydroxylation is 1. The first-order valence-corrected chi connectivity index (χ1v) is 12.6. The van der Waals surface area contributed by atoms with Gasteiger partial charge in [-0.3, -0.25) is 19.9 Å². The average Bonchev–Trinajstić information content (AvgIpc) is 3.30. The number of nitrogens with zero attached hydrogens (tertiary/aromatic N) is 4. The summed E-state index contributed by atoms with van der Waals surface area (Å²) in [5.74, 6) is 0.187. The number of hydrogen-bond donors (Lipinski definition) is 3. The molecule has 3 N–H and O–H groups in total. The van der Waals surface area contributed by atoms with Crippen LogP contribution in [0.1, 0.15) is 17.7 Å². The Hall–Kier alpha value is -4.37. The summed E-state index contributed by atoms with van der Waals surface area (Å²) in [4.78, 5) is 32.0. The lowest BCUT2D eigenvalue weighted by molar-refractivity contribution is -0.117. The van der Waals surface area contributed by atoms with E-state index in [2.05, 4.69) is 55.6 Å². The van der Waals surface area contributed by atoms with Crippen molar-refractivity contribution >= 4 is 44.9 Å². The zero-order valence-corrected chi connectivity index (χ0v) is 20.2. The lowest BCUT2D eigenvalue weighted by atomic mass is 10.1. The molecule has 8 nitrogen and oxygen atoms in total. The van der Waals surface area contributed by atoms with Crippen molar-refractivity contribution in [3.05, 3.63) is 65.9 Å². The maximum atomic E-state index is 12.2. The lowest BCUT2D eigenvalue weighted by Gasteiger charge is -2.06. The van der Waals surface area contributed by atoms with Crippen LogP contribution in [0.15, 0.2) is 61.1 Å². The highest BCUT2D eigenvalue weighted by molar-refractivity contribution is 7.15. The normalized spacial score (nSPS) is 13.5. The molecule has 1 amide bonds. The molecule has 6 heterocycles. The Morgan fingerprint density at radius 3 is 2.81 bits per heavy atom. The molecule has 0 atom stereocenters. The third-order valence-electron chi connectivity index (χ3n) is 6.43. The van der Waals surface area contributed by atoms with Crippen molar-refractivity contribution in [1.29, 1.82) is 0 Å². The Balaban J connectivity index is 1.28. The first-order valence-electron chi connectivity index (χ1n) is 11.8. The van der Waals surface area contributed by atoms with Crippen molar-refractivity contribution in [2.24, 2.45) is 5.92 Å². The van der Waals surface area contributed by atoms with E-state index in [0.29, 0.717) is 5.69 Å².